The molecule has 0 saturated heterocycles. The van der Waals surface area contributed by atoms with Gasteiger partial charge in [0.25, 0.3) is 0 Å². The van der Waals surface area contributed by atoms with Gasteiger partial charge in [-0.15, -0.1) is 0 Å². The number of ether oxygens (including phenoxy) is 2. The van der Waals surface area contributed by atoms with E-state index in [1.165, 1.54) is 22.4 Å². The van der Waals surface area contributed by atoms with Gasteiger partial charge in [0.05, 0.1) is 20.3 Å². The minimum absolute atomic E-state index is 0.237. The molecule has 1 unspecified atom stereocenters. The third-order valence-electron chi connectivity index (χ3n) is 5.88. The van der Waals surface area contributed by atoms with Crippen LogP contribution in [-0.4, -0.2) is 30.2 Å². The van der Waals surface area contributed by atoms with E-state index in [1.54, 1.807) is 14.2 Å². The summed E-state index contributed by atoms with van der Waals surface area (Å²) in [6.45, 7) is 5.20. The van der Waals surface area contributed by atoms with E-state index in [2.05, 4.69) is 71.1 Å². The van der Waals surface area contributed by atoms with Crippen LogP contribution in [0.4, 0.5) is 0 Å². The number of rotatable bonds is 6. The topological polar surface area (TPSA) is 26.6 Å². The summed E-state index contributed by atoms with van der Waals surface area (Å²) in [6, 6.07) is 19.7. The highest BCUT2D eigenvalue weighted by molar-refractivity contribution is 5.40. The zero-order chi connectivity index (χ0) is 20.2. The van der Waals surface area contributed by atoms with Crippen molar-refractivity contribution in [2.75, 3.05) is 20.8 Å². The van der Waals surface area contributed by atoms with E-state index in [0.29, 0.717) is 0 Å². The molecule has 4 rings (SSSR count). The molecular weight excluding hydrogens is 360 g/mol. The van der Waals surface area contributed by atoms with E-state index < -0.39 is 0 Å². The summed E-state index contributed by atoms with van der Waals surface area (Å²) in [4.78, 5) is 2.60. The number of methoxy groups -OCH3 is 2. The molecule has 2 aromatic carbocycles. The van der Waals surface area contributed by atoms with Crippen molar-refractivity contribution in [2.45, 2.75) is 38.9 Å². The van der Waals surface area contributed by atoms with E-state index in [1.807, 2.05) is 6.07 Å². The van der Waals surface area contributed by atoms with Gasteiger partial charge in [0, 0.05) is 37.6 Å². The van der Waals surface area contributed by atoms with Crippen LogP contribution < -0.4 is 9.47 Å². The number of hydrogen-bond donors (Lipinski definition) is 0. The Morgan fingerprint density at radius 3 is 2.41 bits per heavy atom. The standard InChI is InChI=1S/C25H30N2O2/c1-4-20-9-5-6-10-23(20)25-24-11-7-12-26(24)13-8-14-27(25)18-19-15-21(28-2)17-22(16-19)29-3/h5-7,9-12,15-17,25H,4,8,13-14,18H2,1-3H3. The Labute approximate surface area is 173 Å². The first-order valence-electron chi connectivity index (χ1n) is 10.4. The lowest BCUT2D eigenvalue weighted by Gasteiger charge is -2.32. The Hall–Kier alpha value is -2.72. The summed E-state index contributed by atoms with van der Waals surface area (Å²) in [5.41, 5.74) is 5.41. The zero-order valence-electron chi connectivity index (χ0n) is 17.6. The van der Waals surface area contributed by atoms with Crippen molar-refractivity contribution in [3.05, 3.63) is 83.2 Å². The van der Waals surface area contributed by atoms with Gasteiger partial charge in [-0.05, 0) is 53.8 Å². The van der Waals surface area contributed by atoms with Gasteiger partial charge in [-0.25, -0.2) is 0 Å². The van der Waals surface area contributed by atoms with Crippen molar-refractivity contribution in [1.29, 1.82) is 0 Å². The number of fused-ring (bicyclic) bond motifs is 1. The normalized spacial score (nSPS) is 16.9. The Balaban J connectivity index is 1.77. The lowest BCUT2D eigenvalue weighted by molar-refractivity contribution is 0.219. The molecule has 0 N–H and O–H groups in total. The molecule has 152 valence electrons. The summed E-state index contributed by atoms with van der Waals surface area (Å²) in [5.74, 6) is 1.67. The highest BCUT2D eigenvalue weighted by Crippen LogP contribution is 2.35. The molecule has 2 heterocycles. The summed E-state index contributed by atoms with van der Waals surface area (Å²) >= 11 is 0. The number of nitrogens with zero attached hydrogens (tertiary/aromatic N) is 2. The average Bonchev–Trinajstić information content (AvgIpc) is 3.15. The van der Waals surface area contributed by atoms with Crippen molar-refractivity contribution in [3.63, 3.8) is 0 Å². The summed E-state index contributed by atoms with van der Waals surface area (Å²) in [7, 11) is 3.41. The second kappa shape index (κ2) is 8.75. The molecule has 0 aliphatic carbocycles. The Kier molecular flexibility index (Phi) is 5.91. The van der Waals surface area contributed by atoms with Gasteiger partial charge in [-0.1, -0.05) is 31.2 Å². The predicted molar refractivity (Wildman–Crippen MR) is 117 cm³/mol. The largest absolute Gasteiger partial charge is 0.497 e. The zero-order valence-corrected chi connectivity index (χ0v) is 17.6. The maximum Gasteiger partial charge on any atom is 0.122 e. The second-order valence-corrected chi connectivity index (χ2v) is 7.63. The molecule has 0 saturated carbocycles. The van der Waals surface area contributed by atoms with Crippen molar-refractivity contribution < 1.29 is 9.47 Å². The van der Waals surface area contributed by atoms with Crippen LogP contribution in [0.25, 0.3) is 0 Å². The molecule has 4 heteroatoms. The van der Waals surface area contributed by atoms with Crippen LogP contribution in [0.5, 0.6) is 11.5 Å². The fourth-order valence-corrected chi connectivity index (χ4v) is 4.48. The number of hydrogen-bond acceptors (Lipinski definition) is 3. The van der Waals surface area contributed by atoms with E-state index in [0.717, 1.165) is 44.0 Å². The molecule has 29 heavy (non-hydrogen) atoms. The predicted octanol–water partition coefficient (Wildman–Crippen LogP) is 5.06. The van der Waals surface area contributed by atoms with Crippen LogP contribution in [0.1, 0.15) is 41.8 Å². The molecule has 0 bridgehead atoms. The van der Waals surface area contributed by atoms with Crippen LogP contribution in [0.2, 0.25) is 0 Å². The van der Waals surface area contributed by atoms with Crippen LogP contribution in [0.3, 0.4) is 0 Å². The van der Waals surface area contributed by atoms with E-state index in [-0.39, 0.29) is 6.04 Å². The quantitative estimate of drug-likeness (QED) is 0.588. The van der Waals surface area contributed by atoms with Gasteiger partial charge in [0.2, 0.25) is 0 Å². The maximum atomic E-state index is 5.50. The molecular formula is C25H30N2O2. The van der Waals surface area contributed by atoms with Gasteiger partial charge in [0.1, 0.15) is 11.5 Å². The molecule has 1 aliphatic rings. The monoisotopic (exact) mass is 390 g/mol. The summed E-state index contributed by atoms with van der Waals surface area (Å²) in [5, 5.41) is 0. The van der Waals surface area contributed by atoms with E-state index in [9.17, 15) is 0 Å². The lowest BCUT2D eigenvalue weighted by atomic mass is 9.94. The number of benzene rings is 2. The SMILES string of the molecule is CCc1ccccc1C1c2cccn2CCCN1Cc1cc(OC)cc(OC)c1. The third-order valence-corrected chi connectivity index (χ3v) is 5.88. The first-order valence-corrected chi connectivity index (χ1v) is 10.4. The average molecular weight is 391 g/mol. The Morgan fingerprint density at radius 1 is 0.931 bits per heavy atom. The van der Waals surface area contributed by atoms with Gasteiger partial charge in [-0.3, -0.25) is 4.90 Å². The fraction of sp³-hybridized carbons (Fsp3) is 0.360. The molecule has 1 atom stereocenters. The molecule has 3 aromatic rings. The molecule has 0 fully saturated rings. The van der Waals surface area contributed by atoms with Gasteiger partial charge in [-0.2, -0.15) is 0 Å². The number of aromatic nitrogens is 1. The third kappa shape index (κ3) is 4.03. The van der Waals surface area contributed by atoms with Crippen LogP contribution in [0, 0.1) is 0 Å². The molecule has 0 radical (unpaired) electrons. The van der Waals surface area contributed by atoms with Gasteiger partial charge < -0.3 is 14.0 Å². The fourth-order valence-electron chi connectivity index (χ4n) is 4.48. The van der Waals surface area contributed by atoms with Crippen molar-refractivity contribution in [2.24, 2.45) is 0 Å². The smallest absolute Gasteiger partial charge is 0.122 e. The van der Waals surface area contributed by atoms with E-state index >= 15 is 0 Å². The Bertz CT molecular complexity index is 941. The van der Waals surface area contributed by atoms with Crippen LogP contribution in [-0.2, 0) is 19.5 Å². The molecule has 0 spiro atoms. The Morgan fingerprint density at radius 2 is 1.69 bits per heavy atom. The van der Waals surface area contributed by atoms with Crippen molar-refractivity contribution in [3.8, 4) is 11.5 Å². The van der Waals surface area contributed by atoms with Crippen LogP contribution in [0.15, 0.2) is 60.8 Å². The maximum absolute atomic E-state index is 5.50. The van der Waals surface area contributed by atoms with Crippen molar-refractivity contribution in [1.82, 2.24) is 9.47 Å². The molecule has 4 nitrogen and oxygen atoms in total. The minimum Gasteiger partial charge on any atom is -0.497 e. The van der Waals surface area contributed by atoms with E-state index in [4.69, 9.17) is 9.47 Å². The van der Waals surface area contributed by atoms with Crippen LogP contribution >= 0.6 is 0 Å². The van der Waals surface area contributed by atoms with Gasteiger partial charge >= 0.3 is 0 Å². The second-order valence-electron chi connectivity index (χ2n) is 7.63. The highest BCUT2D eigenvalue weighted by Gasteiger charge is 2.28. The molecule has 1 aromatic heterocycles. The first-order chi connectivity index (χ1) is 14.2. The van der Waals surface area contributed by atoms with Crippen molar-refractivity contribution >= 4 is 0 Å². The minimum atomic E-state index is 0.237. The lowest BCUT2D eigenvalue weighted by Crippen LogP contribution is -2.30. The number of aryl methyl sites for hydroxylation is 2. The summed E-state index contributed by atoms with van der Waals surface area (Å²) in [6.07, 6.45) is 4.39. The molecule has 1 aliphatic heterocycles. The molecule has 0 amide bonds. The highest BCUT2D eigenvalue weighted by atomic mass is 16.5. The van der Waals surface area contributed by atoms with Gasteiger partial charge in [0.15, 0.2) is 0 Å². The summed E-state index contributed by atoms with van der Waals surface area (Å²) < 4.78 is 13.4. The first kappa shape index (κ1) is 19.6.